The van der Waals surface area contributed by atoms with Crippen LogP contribution in [0.4, 0.5) is 15.3 Å². The molecule has 0 aliphatic carbocycles. The SMILES string of the molecule is CC[C@H](C)[C@@H]([C@@H](CC(=O)N1C[C@@H](OC(=O)OCc2ccc(NC(=O)[C@H](CCCNC(N)=O)NC(=O)[C@@H](NC(=O)CCCCCN3C(=O)C=CC3=O)C(C)C)cc2)C[C@H]1[C@H](OC)[C@@H](C)C(=O)NCC(=O)c1ccc2cc(OC)ccc2c1)OC)N(C)C(=O)[C@@H](NC(=O)[C@H](C(C)C)N(C)C)C(C)C. The molecule has 3 aromatic carbocycles. The van der Waals surface area contributed by atoms with Crippen LogP contribution in [0.2, 0.25) is 0 Å². The number of ether oxygens (including phenoxy) is 5. The number of ketones is 1. The van der Waals surface area contributed by atoms with Crippen LogP contribution in [0.3, 0.4) is 0 Å². The summed E-state index contributed by atoms with van der Waals surface area (Å²) in [6.45, 7) is 16.1. The van der Waals surface area contributed by atoms with Crippen LogP contribution >= 0.6 is 0 Å². The number of carbonyl (C=O) groups is 12. The molecule has 2 aliphatic rings. The number of carbonyl (C=O) groups excluding carboxylic acids is 12. The van der Waals surface area contributed by atoms with Gasteiger partial charge in [0.1, 0.15) is 36.6 Å². The fourth-order valence-corrected chi connectivity index (χ4v) is 12.9. The van der Waals surface area contributed by atoms with Crippen LogP contribution in [0.5, 0.6) is 5.75 Å². The Balaban J connectivity index is 1.30. The number of hydrogen-bond donors (Lipinski definition) is 7. The van der Waals surface area contributed by atoms with Crippen molar-refractivity contribution >= 4 is 87.6 Å². The highest BCUT2D eigenvalue weighted by Crippen LogP contribution is 2.32. The normalized spacial score (nSPS) is 17.1. The van der Waals surface area contributed by atoms with Gasteiger partial charge in [-0.3, -0.25) is 57.7 Å². The molecule has 0 radical (unpaired) electrons. The Hall–Kier alpha value is -9.02. The second kappa shape index (κ2) is 39.8. The summed E-state index contributed by atoms with van der Waals surface area (Å²) in [5, 5.41) is 18.2. The van der Waals surface area contributed by atoms with Crippen molar-refractivity contribution in [3.05, 3.63) is 83.9 Å². The minimum Gasteiger partial charge on any atom is -0.497 e. The van der Waals surface area contributed by atoms with Crippen molar-refractivity contribution in [2.45, 2.75) is 181 Å². The van der Waals surface area contributed by atoms with Gasteiger partial charge in [0, 0.05) is 70.6 Å². The molecule has 3 aromatic rings. The third-order valence-corrected chi connectivity index (χ3v) is 18.6. The van der Waals surface area contributed by atoms with Gasteiger partial charge in [-0.2, -0.15) is 0 Å². The lowest BCUT2D eigenvalue weighted by Crippen LogP contribution is -2.59. The van der Waals surface area contributed by atoms with Gasteiger partial charge in [0.2, 0.25) is 41.4 Å². The van der Waals surface area contributed by atoms with E-state index in [-0.39, 0.29) is 112 Å². The number of urea groups is 1. The summed E-state index contributed by atoms with van der Waals surface area (Å²) in [5.41, 5.74) is 6.42. The Kier molecular flexibility index (Phi) is 32.6. The van der Waals surface area contributed by atoms with Gasteiger partial charge in [0.25, 0.3) is 11.8 Å². The van der Waals surface area contributed by atoms with E-state index in [0.717, 1.165) is 15.7 Å². The molecule has 1 saturated heterocycles. The molecule has 8 N–H and O–H groups in total. The molecule has 11 atom stereocenters. The maximum absolute atomic E-state index is 15.1. The number of amides is 11. The van der Waals surface area contributed by atoms with Crippen molar-refractivity contribution in [1.29, 1.82) is 0 Å². The first-order valence-corrected chi connectivity index (χ1v) is 34.7. The second-order valence-corrected chi connectivity index (χ2v) is 27.3. The molecular formula is C73H107N11O17. The second-order valence-electron chi connectivity index (χ2n) is 27.3. The Morgan fingerprint density at radius 3 is 1.94 bits per heavy atom. The number of methoxy groups -OCH3 is 3. The van der Waals surface area contributed by atoms with Gasteiger partial charge in [0.05, 0.1) is 62.9 Å². The first-order valence-electron chi connectivity index (χ1n) is 34.7. The highest BCUT2D eigenvalue weighted by molar-refractivity contribution is 6.13. The number of nitrogens with two attached hydrogens (primary N) is 1. The van der Waals surface area contributed by atoms with E-state index in [2.05, 4.69) is 31.9 Å². The van der Waals surface area contributed by atoms with Crippen molar-refractivity contribution in [3.63, 3.8) is 0 Å². The predicted molar refractivity (Wildman–Crippen MR) is 378 cm³/mol. The number of Topliss-reactive ketones (excluding diaryl/α,β-unsaturated/α-hetero) is 1. The minimum absolute atomic E-state index is 0.0123. The number of hydrogen-bond acceptors (Lipinski definition) is 18. The molecule has 2 heterocycles. The van der Waals surface area contributed by atoms with Gasteiger partial charge in [0.15, 0.2) is 5.78 Å². The lowest BCUT2D eigenvalue weighted by atomic mass is 9.89. The molecule has 0 saturated carbocycles. The average Bonchev–Trinajstić information content (AvgIpc) is 1.74. The Morgan fingerprint density at radius 2 is 1.35 bits per heavy atom. The quantitative estimate of drug-likeness (QED) is 0.0157. The molecule has 1 fully saturated rings. The molecule has 28 heteroatoms. The predicted octanol–water partition coefficient (Wildman–Crippen LogP) is 5.62. The molecule has 11 amide bonds. The zero-order valence-electron chi connectivity index (χ0n) is 61.2. The van der Waals surface area contributed by atoms with Crippen LogP contribution < -0.4 is 42.4 Å². The molecule has 28 nitrogen and oxygen atoms in total. The first kappa shape index (κ1) is 82.6. The molecule has 0 unspecified atom stereocenters. The van der Waals surface area contributed by atoms with Crippen LogP contribution in [0.25, 0.3) is 10.8 Å². The summed E-state index contributed by atoms with van der Waals surface area (Å²) in [5.74, 6) is -5.73. The van der Waals surface area contributed by atoms with Crippen LogP contribution in [-0.2, 0) is 68.7 Å². The molecule has 556 valence electrons. The van der Waals surface area contributed by atoms with Crippen molar-refractivity contribution in [2.24, 2.45) is 35.3 Å². The van der Waals surface area contributed by atoms with Crippen molar-refractivity contribution in [2.75, 3.05) is 74.0 Å². The van der Waals surface area contributed by atoms with Crippen LogP contribution in [0.1, 0.15) is 136 Å². The van der Waals surface area contributed by atoms with E-state index in [1.54, 1.807) is 102 Å². The molecule has 2 aliphatic heterocycles. The summed E-state index contributed by atoms with van der Waals surface area (Å²) in [7, 11) is 9.66. The number of likely N-dealkylation sites (tertiary alicyclic amines) is 1. The summed E-state index contributed by atoms with van der Waals surface area (Å²) in [6.07, 6.45) is 0.562. The van der Waals surface area contributed by atoms with E-state index in [1.807, 2.05) is 58.6 Å². The number of fused-ring (bicyclic) bond motifs is 1. The van der Waals surface area contributed by atoms with Gasteiger partial charge < -0.3 is 71.1 Å². The van der Waals surface area contributed by atoms with E-state index in [9.17, 15) is 52.7 Å². The fourth-order valence-electron chi connectivity index (χ4n) is 12.9. The van der Waals surface area contributed by atoms with Crippen molar-refractivity contribution < 1.29 is 81.2 Å². The number of unbranched alkanes of at least 4 members (excludes halogenated alkanes) is 2. The van der Waals surface area contributed by atoms with Gasteiger partial charge in [-0.1, -0.05) is 105 Å². The third kappa shape index (κ3) is 24.1. The van der Waals surface area contributed by atoms with Gasteiger partial charge in [-0.05, 0) is 110 Å². The molecule has 0 bridgehead atoms. The zero-order chi connectivity index (χ0) is 74.9. The number of anilines is 1. The Morgan fingerprint density at radius 1 is 0.693 bits per heavy atom. The van der Waals surface area contributed by atoms with E-state index in [1.165, 1.54) is 31.3 Å². The summed E-state index contributed by atoms with van der Waals surface area (Å²) in [6, 6.07) is 11.0. The van der Waals surface area contributed by atoms with Crippen LogP contribution in [0.15, 0.2) is 72.8 Å². The number of imide groups is 1. The molecular weight excluding hydrogens is 1300 g/mol. The Labute approximate surface area is 592 Å². The van der Waals surface area contributed by atoms with Crippen LogP contribution in [-0.4, -0.2) is 214 Å². The zero-order valence-corrected chi connectivity index (χ0v) is 61.2. The minimum atomic E-state index is -1.14. The largest absolute Gasteiger partial charge is 0.508 e. The van der Waals surface area contributed by atoms with Gasteiger partial charge in [-0.15, -0.1) is 0 Å². The maximum atomic E-state index is 15.1. The molecule has 5 rings (SSSR count). The first-order chi connectivity index (χ1) is 47.8. The molecule has 0 aromatic heterocycles. The fraction of sp³-hybridized carbons (Fsp3) is 0.589. The molecule has 0 spiro atoms. The number of nitrogens with zero attached hydrogens (tertiary/aromatic N) is 4. The van der Waals surface area contributed by atoms with E-state index >= 15 is 4.79 Å². The van der Waals surface area contributed by atoms with E-state index in [0.29, 0.717) is 48.2 Å². The highest BCUT2D eigenvalue weighted by atomic mass is 16.7. The number of likely N-dealkylation sites (N-methyl/N-ethyl adjacent to an activating group) is 2. The standard InChI is InChI=1S/C73H107N11O17/c1-16-45(8)65(82(12)71(94)63(43(4)5)80-70(93)64(44(6)7)81(10)11)57(98-14)38-61(89)84-40-53(37-55(84)66(99-15)46(9)67(90)76-39-56(85)50-26-25-49-36-52(97-13)30-27-48(49)35-50)101-73(96)100-41-47-23-28-51(29-24-47)77-68(91)54(21-20-33-75-72(74)95)78-69(92)62(42(2)3)79-58(86)22-18-17-19-34-83-59(87)31-32-60(83)88/h23-32,35-36,42-46,53-55,57,62-66H,16-22,33-34,37-41H2,1-15H3,(H,76,90)(H,77,91)(H,78,92)(H,79,86)(H,80,93)(H3,74,75,95)/t45-,46+,53-,54-,55-,57+,62-,63-,64-,65-,66+/m0/s1. The lowest BCUT2D eigenvalue weighted by molar-refractivity contribution is -0.148. The van der Waals surface area contributed by atoms with Gasteiger partial charge in [-0.25, -0.2) is 9.59 Å². The summed E-state index contributed by atoms with van der Waals surface area (Å²) in [4.78, 5) is 167. The Bertz CT molecular complexity index is 3370. The van der Waals surface area contributed by atoms with E-state index < -0.39 is 108 Å². The van der Waals surface area contributed by atoms with Crippen molar-refractivity contribution in [1.82, 2.24) is 46.2 Å². The topological polar surface area (TPSA) is 362 Å². The number of rotatable bonds is 40. The summed E-state index contributed by atoms with van der Waals surface area (Å²) >= 11 is 0. The highest BCUT2D eigenvalue weighted by Gasteiger charge is 2.47. The number of primary amides is 1. The monoisotopic (exact) mass is 1410 g/mol. The van der Waals surface area contributed by atoms with E-state index in [4.69, 9.17) is 29.4 Å². The number of nitrogens with one attached hydrogen (secondary N) is 6. The summed E-state index contributed by atoms with van der Waals surface area (Å²) < 4.78 is 29.1. The lowest BCUT2D eigenvalue weighted by Gasteiger charge is -2.41. The molecule has 101 heavy (non-hydrogen) atoms. The van der Waals surface area contributed by atoms with Gasteiger partial charge >= 0.3 is 12.2 Å². The van der Waals surface area contributed by atoms with Crippen LogP contribution in [0, 0.1) is 29.6 Å². The van der Waals surface area contributed by atoms with Crippen molar-refractivity contribution in [3.8, 4) is 5.75 Å². The average molecular weight is 1410 g/mol. The maximum Gasteiger partial charge on any atom is 0.508 e. The smallest absolute Gasteiger partial charge is 0.497 e. The third-order valence-electron chi connectivity index (χ3n) is 18.6. The number of benzene rings is 3.